The molecule has 1 aliphatic heterocycles. The van der Waals surface area contributed by atoms with Gasteiger partial charge in [0.05, 0.1) is 5.56 Å². The zero-order valence-electron chi connectivity index (χ0n) is 11.8. The van der Waals surface area contributed by atoms with Crippen molar-refractivity contribution in [3.63, 3.8) is 0 Å². The van der Waals surface area contributed by atoms with Crippen LogP contribution in [0.1, 0.15) is 30.1 Å². The molecule has 1 saturated heterocycles. The van der Waals surface area contributed by atoms with Crippen LogP contribution in [-0.4, -0.2) is 23.9 Å². The maximum absolute atomic E-state index is 12.7. The van der Waals surface area contributed by atoms with Crippen LogP contribution < -0.4 is 5.73 Å². The fourth-order valence-electron chi connectivity index (χ4n) is 2.99. The minimum Gasteiger partial charge on any atom is -0.398 e. The predicted molar refractivity (Wildman–Crippen MR) is 82.7 cm³/mol. The average Bonchev–Trinajstić information content (AvgIpc) is 2.46. The summed E-state index contributed by atoms with van der Waals surface area (Å²) >= 11 is 0. The van der Waals surface area contributed by atoms with E-state index in [1.807, 2.05) is 41.3 Å². The second kappa shape index (κ2) is 5.16. The van der Waals surface area contributed by atoms with Gasteiger partial charge in [-0.15, -0.1) is 0 Å². The summed E-state index contributed by atoms with van der Waals surface area (Å²) in [5.74, 6) is 0.647. The molecule has 0 saturated carbocycles. The van der Waals surface area contributed by atoms with Crippen molar-refractivity contribution in [3.8, 4) is 0 Å². The van der Waals surface area contributed by atoms with Crippen LogP contribution in [0.4, 0.5) is 5.69 Å². The van der Waals surface area contributed by atoms with Crippen LogP contribution in [-0.2, 0) is 0 Å². The first-order chi connectivity index (χ1) is 9.65. The molecule has 20 heavy (non-hydrogen) atoms. The van der Waals surface area contributed by atoms with Crippen molar-refractivity contribution in [2.45, 2.75) is 19.8 Å². The van der Waals surface area contributed by atoms with Crippen molar-refractivity contribution in [1.82, 2.24) is 4.90 Å². The molecule has 3 rings (SSSR count). The number of carbonyl (C=O) groups excluding carboxylic acids is 1. The van der Waals surface area contributed by atoms with Gasteiger partial charge in [0, 0.05) is 18.8 Å². The number of fused-ring (bicyclic) bond motifs is 1. The number of nitrogens with zero attached hydrogens (tertiary/aromatic N) is 1. The fourth-order valence-corrected chi connectivity index (χ4v) is 2.99. The molecule has 1 amide bonds. The van der Waals surface area contributed by atoms with E-state index in [0.29, 0.717) is 17.2 Å². The predicted octanol–water partition coefficient (Wildman–Crippen LogP) is 3.29. The lowest BCUT2D eigenvalue weighted by Gasteiger charge is -2.31. The standard InChI is InChI=1S/C17H20N2O/c1-12-5-4-8-19(11-12)17(20)15-9-13-6-2-3-7-14(13)10-16(15)18/h2-3,6-7,9-10,12H,4-5,8,11,18H2,1H3. The molecule has 1 unspecified atom stereocenters. The summed E-state index contributed by atoms with van der Waals surface area (Å²) in [6.07, 6.45) is 2.29. The maximum Gasteiger partial charge on any atom is 0.255 e. The molecule has 0 aromatic heterocycles. The summed E-state index contributed by atoms with van der Waals surface area (Å²) < 4.78 is 0. The van der Waals surface area contributed by atoms with E-state index in [1.54, 1.807) is 0 Å². The van der Waals surface area contributed by atoms with Crippen LogP contribution in [0.3, 0.4) is 0 Å². The van der Waals surface area contributed by atoms with Gasteiger partial charge in [-0.1, -0.05) is 31.2 Å². The van der Waals surface area contributed by atoms with Gasteiger partial charge in [-0.25, -0.2) is 0 Å². The summed E-state index contributed by atoms with van der Waals surface area (Å²) in [5, 5.41) is 2.14. The zero-order chi connectivity index (χ0) is 14.1. The highest BCUT2D eigenvalue weighted by Crippen LogP contribution is 2.25. The van der Waals surface area contributed by atoms with Crippen molar-refractivity contribution in [1.29, 1.82) is 0 Å². The van der Waals surface area contributed by atoms with Crippen molar-refractivity contribution in [2.24, 2.45) is 5.92 Å². The molecular weight excluding hydrogens is 248 g/mol. The molecule has 1 fully saturated rings. The number of piperidine rings is 1. The molecule has 3 heteroatoms. The van der Waals surface area contributed by atoms with Crippen LogP contribution in [0.2, 0.25) is 0 Å². The molecule has 3 nitrogen and oxygen atoms in total. The summed E-state index contributed by atoms with van der Waals surface area (Å²) in [6, 6.07) is 11.8. The zero-order valence-corrected chi connectivity index (χ0v) is 11.8. The molecule has 0 spiro atoms. The number of nitrogens with two attached hydrogens (primary N) is 1. The van der Waals surface area contributed by atoms with Crippen LogP contribution in [0.15, 0.2) is 36.4 Å². The summed E-state index contributed by atoms with van der Waals surface area (Å²) in [7, 11) is 0. The number of nitrogen functional groups attached to an aromatic ring is 1. The van der Waals surface area contributed by atoms with Crippen molar-refractivity contribution >= 4 is 22.4 Å². The molecule has 1 atom stereocenters. The topological polar surface area (TPSA) is 46.3 Å². The normalized spacial score (nSPS) is 19.2. The highest BCUT2D eigenvalue weighted by molar-refractivity contribution is 6.03. The molecular formula is C17H20N2O. The van der Waals surface area contributed by atoms with E-state index in [-0.39, 0.29) is 5.91 Å². The Hall–Kier alpha value is -2.03. The third kappa shape index (κ3) is 2.36. The van der Waals surface area contributed by atoms with E-state index >= 15 is 0 Å². The van der Waals surface area contributed by atoms with Gasteiger partial charge in [-0.2, -0.15) is 0 Å². The highest BCUT2D eigenvalue weighted by Gasteiger charge is 2.23. The molecule has 2 aromatic rings. The lowest BCUT2D eigenvalue weighted by atomic mass is 9.98. The van der Waals surface area contributed by atoms with E-state index in [1.165, 1.54) is 6.42 Å². The minimum atomic E-state index is 0.0693. The molecule has 1 heterocycles. The number of hydrogen-bond donors (Lipinski definition) is 1. The van der Waals surface area contributed by atoms with Gasteiger partial charge in [0.25, 0.3) is 5.91 Å². The smallest absolute Gasteiger partial charge is 0.255 e. The molecule has 2 aromatic carbocycles. The number of amides is 1. The Balaban J connectivity index is 1.96. The molecule has 104 valence electrons. The van der Waals surface area contributed by atoms with E-state index in [9.17, 15) is 4.79 Å². The molecule has 0 radical (unpaired) electrons. The number of hydrogen-bond acceptors (Lipinski definition) is 2. The summed E-state index contributed by atoms with van der Waals surface area (Å²) in [5.41, 5.74) is 7.29. The van der Waals surface area contributed by atoms with Gasteiger partial charge in [0.1, 0.15) is 0 Å². The second-order valence-corrected chi connectivity index (χ2v) is 5.79. The average molecular weight is 268 g/mol. The molecule has 2 N–H and O–H groups in total. The Bertz CT molecular complexity index is 650. The van der Waals surface area contributed by atoms with Crippen LogP contribution in [0.25, 0.3) is 10.8 Å². The van der Waals surface area contributed by atoms with Crippen LogP contribution >= 0.6 is 0 Å². The molecule has 1 aliphatic rings. The van der Waals surface area contributed by atoms with E-state index in [4.69, 9.17) is 5.73 Å². The first-order valence-electron chi connectivity index (χ1n) is 7.22. The van der Waals surface area contributed by atoms with Gasteiger partial charge >= 0.3 is 0 Å². The van der Waals surface area contributed by atoms with Gasteiger partial charge < -0.3 is 10.6 Å². The van der Waals surface area contributed by atoms with E-state index < -0.39 is 0 Å². The van der Waals surface area contributed by atoms with E-state index in [2.05, 4.69) is 6.92 Å². The SMILES string of the molecule is CC1CCCN(C(=O)c2cc3ccccc3cc2N)C1. The van der Waals surface area contributed by atoms with Gasteiger partial charge in [0.15, 0.2) is 0 Å². The van der Waals surface area contributed by atoms with Gasteiger partial charge in [0.2, 0.25) is 0 Å². The first kappa shape index (κ1) is 13.0. The monoisotopic (exact) mass is 268 g/mol. The summed E-state index contributed by atoms with van der Waals surface area (Å²) in [4.78, 5) is 14.6. The number of anilines is 1. The summed E-state index contributed by atoms with van der Waals surface area (Å²) in [6.45, 7) is 3.88. The molecule has 0 aliphatic carbocycles. The Kier molecular flexibility index (Phi) is 3.35. The largest absolute Gasteiger partial charge is 0.398 e. The lowest BCUT2D eigenvalue weighted by Crippen LogP contribution is -2.39. The third-order valence-electron chi connectivity index (χ3n) is 4.09. The Labute approximate surface area is 119 Å². The second-order valence-electron chi connectivity index (χ2n) is 5.79. The quantitative estimate of drug-likeness (QED) is 0.807. The first-order valence-corrected chi connectivity index (χ1v) is 7.22. The van der Waals surface area contributed by atoms with Crippen LogP contribution in [0, 0.1) is 5.92 Å². The number of likely N-dealkylation sites (tertiary alicyclic amines) is 1. The Morgan fingerprint density at radius 1 is 1.25 bits per heavy atom. The van der Waals surface area contributed by atoms with Crippen LogP contribution in [0.5, 0.6) is 0 Å². The maximum atomic E-state index is 12.7. The molecule has 0 bridgehead atoms. The van der Waals surface area contributed by atoms with Gasteiger partial charge in [-0.3, -0.25) is 4.79 Å². The third-order valence-corrected chi connectivity index (χ3v) is 4.09. The minimum absolute atomic E-state index is 0.0693. The van der Waals surface area contributed by atoms with Crippen molar-refractivity contribution in [2.75, 3.05) is 18.8 Å². The van der Waals surface area contributed by atoms with E-state index in [0.717, 1.165) is 30.3 Å². The Morgan fingerprint density at radius 2 is 1.95 bits per heavy atom. The van der Waals surface area contributed by atoms with Gasteiger partial charge in [-0.05, 0) is 41.7 Å². The number of benzene rings is 2. The fraction of sp³-hybridized carbons (Fsp3) is 0.353. The van der Waals surface area contributed by atoms with Crippen molar-refractivity contribution in [3.05, 3.63) is 42.0 Å². The number of rotatable bonds is 1. The van der Waals surface area contributed by atoms with Crippen molar-refractivity contribution < 1.29 is 4.79 Å². The number of carbonyl (C=O) groups is 1. The highest BCUT2D eigenvalue weighted by atomic mass is 16.2. The Morgan fingerprint density at radius 3 is 2.65 bits per heavy atom. The lowest BCUT2D eigenvalue weighted by molar-refractivity contribution is 0.0684.